The van der Waals surface area contributed by atoms with Gasteiger partial charge in [0.2, 0.25) is 8.32 Å². The Labute approximate surface area is 103 Å². The molecule has 4 nitrogen and oxygen atoms in total. The average molecular weight is 253 g/mol. The molecular weight excluding hydrogens is 234 g/mol. The van der Waals surface area contributed by atoms with Gasteiger partial charge in [-0.3, -0.25) is 0 Å². The van der Waals surface area contributed by atoms with Crippen molar-refractivity contribution in [1.82, 2.24) is 0 Å². The van der Waals surface area contributed by atoms with Gasteiger partial charge in [0, 0.05) is 5.56 Å². The first kappa shape index (κ1) is 13.6. The largest absolute Gasteiger partial charge is 0.542 e. The van der Waals surface area contributed by atoms with E-state index in [4.69, 9.17) is 9.16 Å². The molecule has 17 heavy (non-hydrogen) atoms. The molecule has 0 atom stereocenters. The van der Waals surface area contributed by atoms with Gasteiger partial charge in [0.1, 0.15) is 12.9 Å². The Bertz CT molecular complexity index is 399. The Morgan fingerprint density at radius 3 is 2.41 bits per heavy atom. The van der Waals surface area contributed by atoms with Gasteiger partial charge >= 0.3 is 0 Å². The fraction of sp³-hybridized carbons (Fsp3) is 0.417. The Morgan fingerprint density at radius 2 is 1.88 bits per heavy atom. The fourth-order valence-electron chi connectivity index (χ4n) is 1.37. The molecule has 0 amide bonds. The lowest BCUT2D eigenvalue weighted by molar-refractivity contribution is 0.215. The lowest BCUT2D eigenvalue weighted by atomic mass is 10.2. The van der Waals surface area contributed by atoms with Crippen LogP contribution in [0.4, 0.5) is 0 Å². The quantitative estimate of drug-likeness (QED) is 0.460. The van der Waals surface area contributed by atoms with Crippen LogP contribution in [0.3, 0.4) is 0 Å². The van der Waals surface area contributed by atoms with Crippen molar-refractivity contribution < 1.29 is 14.0 Å². The molecule has 0 heterocycles. The van der Waals surface area contributed by atoms with E-state index in [1.54, 1.807) is 13.3 Å². The second-order valence-electron chi connectivity index (χ2n) is 4.51. The zero-order valence-electron chi connectivity index (χ0n) is 11.0. The predicted molar refractivity (Wildman–Crippen MR) is 71.6 cm³/mol. The number of methoxy groups -OCH3 is 1. The molecule has 0 saturated carbocycles. The van der Waals surface area contributed by atoms with Crippen molar-refractivity contribution in [1.29, 1.82) is 0 Å². The summed E-state index contributed by atoms with van der Waals surface area (Å²) in [5.41, 5.74) is 0.838. The summed E-state index contributed by atoms with van der Waals surface area (Å²) >= 11 is 0. The van der Waals surface area contributed by atoms with Gasteiger partial charge in [0.05, 0.1) is 13.3 Å². The summed E-state index contributed by atoms with van der Waals surface area (Å²) in [5.74, 6) is 1.45. The number of oxime groups is 1. The standard InChI is InChI=1S/C12H19NO3Si/c1-14-12-10(9-13-15-2)7-6-8-11(12)16-17(3,4)5/h6-9H,1-5H3. The van der Waals surface area contributed by atoms with E-state index >= 15 is 0 Å². The molecular formula is C12H19NO3Si. The van der Waals surface area contributed by atoms with Crippen molar-refractivity contribution >= 4 is 14.5 Å². The molecule has 94 valence electrons. The Kier molecular flexibility index (Phi) is 4.57. The van der Waals surface area contributed by atoms with Crippen LogP contribution in [0, 0.1) is 0 Å². The first-order valence-corrected chi connectivity index (χ1v) is 8.81. The molecule has 1 aromatic carbocycles. The Hall–Kier alpha value is -1.49. The lowest BCUT2D eigenvalue weighted by Crippen LogP contribution is -2.29. The number of nitrogens with zero attached hydrogens (tertiary/aromatic N) is 1. The van der Waals surface area contributed by atoms with Crippen LogP contribution in [-0.2, 0) is 4.84 Å². The summed E-state index contributed by atoms with van der Waals surface area (Å²) < 4.78 is 11.3. The van der Waals surface area contributed by atoms with Crippen molar-refractivity contribution in [2.45, 2.75) is 19.6 Å². The summed E-state index contributed by atoms with van der Waals surface area (Å²) in [6.45, 7) is 6.38. The summed E-state index contributed by atoms with van der Waals surface area (Å²) in [6, 6.07) is 5.72. The van der Waals surface area contributed by atoms with Crippen LogP contribution >= 0.6 is 0 Å². The van der Waals surface area contributed by atoms with Crippen LogP contribution in [-0.4, -0.2) is 28.8 Å². The number of hydrogen-bond acceptors (Lipinski definition) is 4. The van der Waals surface area contributed by atoms with E-state index in [0.29, 0.717) is 5.75 Å². The zero-order valence-corrected chi connectivity index (χ0v) is 12.0. The predicted octanol–water partition coefficient (Wildman–Crippen LogP) is 2.89. The van der Waals surface area contributed by atoms with Crippen LogP contribution in [0.2, 0.25) is 19.6 Å². The molecule has 0 aromatic heterocycles. The van der Waals surface area contributed by atoms with Crippen molar-refractivity contribution in [2.24, 2.45) is 5.16 Å². The van der Waals surface area contributed by atoms with Gasteiger partial charge < -0.3 is 14.0 Å². The number of rotatable bonds is 5. The van der Waals surface area contributed by atoms with Gasteiger partial charge in [-0.05, 0) is 31.8 Å². The molecule has 0 spiro atoms. The van der Waals surface area contributed by atoms with E-state index in [1.165, 1.54) is 7.11 Å². The number of para-hydroxylation sites is 1. The molecule has 0 aliphatic heterocycles. The molecule has 0 aliphatic rings. The van der Waals surface area contributed by atoms with E-state index < -0.39 is 8.32 Å². The van der Waals surface area contributed by atoms with Gasteiger partial charge in [-0.1, -0.05) is 11.2 Å². The van der Waals surface area contributed by atoms with Gasteiger partial charge in [0.15, 0.2) is 5.75 Å². The number of benzene rings is 1. The van der Waals surface area contributed by atoms with Gasteiger partial charge in [-0.25, -0.2) is 0 Å². The summed E-state index contributed by atoms with van der Waals surface area (Å²) in [5, 5.41) is 3.74. The summed E-state index contributed by atoms with van der Waals surface area (Å²) in [7, 11) is 1.47. The molecule has 0 saturated heterocycles. The molecule has 0 radical (unpaired) electrons. The van der Waals surface area contributed by atoms with Crippen molar-refractivity contribution in [3.63, 3.8) is 0 Å². The monoisotopic (exact) mass is 253 g/mol. The third kappa shape index (κ3) is 4.11. The van der Waals surface area contributed by atoms with E-state index in [1.807, 2.05) is 18.2 Å². The van der Waals surface area contributed by atoms with Crippen LogP contribution < -0.4 is 9.16 Å². The maximum absolute atomic E-state index is 5.96. The smallest absolute Gasteiger partial charge is 0.242 e. The molecule has 1 aromatic rings. The van der Waals surface area contributed by atoms with Gasteiger partial charge in [0.25, 0.3) is 0 Å². The first-order valence-electron chi connectivity index (χ1n) is 5.40. The second-order valence-corrected chi connectivity index (χ2v) is 8.94. The minimum absolute atomic E-state index is 0.690. The molecule has 0 N–H and O–H groups in total. The minimum Gasteiger partial charge on any atom is -0.542 e. The summed E-state index contributed by atoms with van der Waals surface area (Å²) in [6.07, 6.45) is 1.61. The molecule has 0 fully saturated rings. The van der Waals surface area contributed by atoms with Crippen LogP contribution in [0.5, 0.6) is 11.5 Å². The van der Waals surface area contributed by atoms with E-state index in [9.17, 15) is 0 Å². The molecule has 0 aliphatic carbocycles. The molecule has 0 unspecified atom stereocenters. The Morgan fingerprint density at radius 1 is 1.18 bits per heavy atom. The maximum Gasteiger partial charge on any atom is 0.242 e. The maximum atomic E-state index is 5.96. The van der Waals surface area contributed by atoms with E-state index in [2.05, 4.69) is 29.6 Å². The van der Waals surface area contributed by atoms with Crippen LogP contribution in [0.15, 0.2) is 23.4 Å². The molecule has 5 heteroatoms. The highest BCUT2D eigenvalue weighted by molar-refractivity contribution is 6.70. The fourth-order valence-corrected chi connectivity index (χ4v) is 2.19. The molecule has 0 bridgehead atoms. The average Bonchev–Trinajstić information content (AvgIpc) is 2.24. The lowest BCUT2D eigenvalue weighted by Gasteiger charge is -2.21. The number of ether oxygens (including phenoxy) is 1. The highest BCUT2D eigenvalue weighted by Gasteiger charge is 2.19. The highest BCUT2D eigenvalue weighted by Crippen LogP contribution is 2.31. The second kappa shape index (κ2) is 5.72. The van der Waals surface area contributed by atoms with Gasteiger partial charge in [-0.15, -0.1) is 0 Å². The number of hydrogen-bond donors (Lipinski definition) is 0. The summed E-state index contributed by atoms with van der Waals surface area (Å²) in [4.78, 5) is 4.67. The van der Waals surface area contributed by atoms with Gasteiger partial charge in [-0.2, -0.15) is 0 Å². The van der Waals surface area contributed by atoms with E-state index in [0.717, 1.165) is 11.3 Å². The third-order valence-corrected chi connectivity index (χ3v) is 2.76. The zero-order chi connectivity index (χ0) is 12.9. The minimum atomic E-state index is -1.66. The van der Waals surface area contributed by atoms with E-state index in [-0.39, 0.29) is 0 Å². The van der Waals surface area contributed by atoms with Crippen molar-refractivity contribution in [2.75, 3.05) is 14.2 Å². The van der Waals surface area contributed by atoms with Crippen LogP contribution in [0.25, 0.3) is 0 Å². The molecule has 1 rings (SSSR count). The Balaban J connectivity index is 3.09. The topological polar surface area (TPSA) is 40.0 Å². The van der Waals surface area contributed by atoms with Crippen molar-refractivity contribution in [3.05, 3.63) is 23.8 Å². The normalized spacial score (nSPS) is 11.6. The highest BCUT2D eigenvalue weighted by atomic mass is 28.4. The first-order chi connectivity index (χ1) is 7.98. The van der Waals surface area contributed by atoms with Crippen LogP contribution in [0.1, 0.15) is 5.56 Å². The third-order valence-electron chi connectivity index (χ3n) is 1.93. The van der Waals surface area contributed by atoms with Crippen molar-refractivity contribution in [3.8, 4) is 11.5 Å². The SMILES string of the molecule is CON=Cc1cccc(O[Si](C)(C)C)c1OC.